The summed E-state index contributed by atoms with van der Waals surface area (Å²) >= 11 is 1.70. The zero-order valence-electron chi connectivity index (χ0n) is 16.9. The summed E-state index contributed by atoms with van der Waals surface area (Å²) in [5.41, 5.74) is 4.02. The predicted molar refractivity (Wildman–Crippen MR) is 128 cm³/mol. The van der Waals surface area contributed by atoms with Crippen molar-refractivity contribution in [3.05, 3.63) is 116 Å². The van der Waals surface area contributed by atoms with Gasteiger partial charge >= 0.3 is 0 Å². The van der Waals surface area contributed by atoms with E-state index in [-0.39, 0.29) is 20.1 Å². The monoisotopic (exact) mass is 608 g/mol. The van der Waals surface area contributed by atoms with Gasteiger partial charge in [0.1, 0.15) is 4.83 Å². The SMILES string of the molecule is [Ir].[c-]1ccc2c(sc3ncccc32)c1-c1ccccn1.[c-]1ccccc1-c1ccccn1. The average Bonchev–Trinajstić information content (AvgIpc) is 3.25. The standard InChI is InChI=1S/C16H9N2S.C11H8N.Ir/c1-2-9-17-14(8-1)13-6-3-5-11-12-7-4-10-18-16(12)19-15(11)13;1-2-6-10(7-3-1)11-8-4-5-9-12-11;/h1-5,7-10H;1-6,8-9H;/q2*-1;. The summed E-state index contributed by atoms with van der Waals surface area (Å²) in [7, 11) is 0. The Hall–Kier alpha value is -3.24. The van der Waals surface area contributed by atoms with Crippen LogP contribution in [0.1, 0.15) is 0 Å². The Kier molecular flexibility index (Phi) is 7.13. The average molecular weight is 608 g/mol. The second kappa shape index (κ2) is 10.4. The van der Waals surface area contributed by atoms with E-state index >= 15 is 0 Å². The first-order valence-corrected chi connectivity index (χ1v) is 10.7. The molecule has 0 amide bonds. The Morgan fingerprint density at radius 3 is 2.06 bits per heavy atom. The first-order valence-electron chi connectivity index (χ1n) is 9.87. The molecule has 0 fully saturated rings. The van der Waals surface area contributed by atoms with Gasteiger partial charge in [-0.05, 0) is 39.7 Å². The number of hydrogen-bond donors (Lipinski definition) is 0. The number of aromatic nitrogens is 3. The van der Waals surface area contributed by atoms with E-state index in [0.717, 1.165) is 27.3 Å². The maximum absolute atomic E-state index is 4.44. The van der Waals surface area contributed by atoms with E-state index in [4.69, 9.17) is 0 Å². The Balaban J connectivity index is 0.000000164. The zero-order valence-corrected chi connectivity index (χ0v) is 20.1. The van der Waals surface area contributed by atoms with Gasteiger partial charge in [-0.1, -0.05) is 35.7 Å². The van der Waals surface area contributed by atoms with Gasteiger partial charge in [0.2, 0.25) is 0 Å². The van der Waals surface area contributed by atoms with E-state index in [2.05, 4.69) is 39.2 Å². The number of pyridine rings is 3. The topological polar surface area (TPSA) is 38.7 Å². The van der Waals surface area contributed by atoms with Crippen LogP contribution < -0.4 is 0 Å². The van der Waals surface area contributed by atoms with Crippen LogP contribution in [0.2, 0.25) is 0 Å². The van der Waals surface area contributed by atoms with Gasteiger partial charge in [0, 0.05) is 38.7 Å². The molecule has 0 atom stereocenters. The molecule has 157 valence electrons. The maximum atomic E-state index is 4.44. The molecule has 0 aliphatic heterocycles. The molecule has 4 heterocycles. The minimum Gasteiger partial charge on any atom is -0.305 e. The minimum absolute atomic E-state index is 0. The van der Waals surface area contributed by atoms with Gasteiger partial charge < -0.3 is 9.97 Å². The molecule has 0 aliphatic rings. The quantitative estimate of drug-likeness (QED) is 0.202. The van der Waals surface area contributed by atoms with Crippen molar-refractivity contribution in [2.24, 2.45) is 0 Å². The van der Waals surface area contributed by atoms with Crippen LogP contribution in [0.5, 0.6) is 0 Å². The number of rotatable bonds is 2. The number of benzene rings is 2. The summed E-state index contributed by atoms with van der Waals surface area (Å²) in [6.07, 6.45) is 5.44. The summed E-state index contributed by atoms with van der Waals surface area (Å²) in [5, 5.41) is 2.43. The van der Waals surface area contributed by atoms with Gasteiger partial charge in [0.25, 0.3) is 0 Å². The zero-order chi connectivity index (χ0) is 20.9. The van der Waals surface area contributed by atoms with Crippen LogP contribution in [-0.4, -0.2) is 15.0 Å². The fourth-order valence-electron chi connectivity index (χ4n) is 3.35. The Morgan fingerprint density at radius 2 is 1.34 bits per heavy atom. The molecule has 0 saturated carbocycles. The molecular formula is C27H17IrN3S-2. The van der Waals surface area contributed by atoms with E-state index in [1.807, 2.05) is 85.2 Å². The van der Waals surface area contributed by atoms with E-state index in [9.17, 15) is 0 Å². The number of nitrogens with zero attached hydrogens (tertiary/aromatic N) is 3. The molecular weight excluding hydrogens is 591 g/mol. The van der Waals surface area contributed by atoms with Crippen LogP contribution in [0.4, 0.5) is 0 Å². The summed E-state index contributed by atoms with van der Waals surface area (Å²) in [4.78, 5) is 14.1. The third kappa shape index (κ3) is 4.66. The molecule has 32 heavy (non-hydrogen) atoms. The van der Waals surface area contributed by atoms with E-state index < -0.39 is 0 Å². The smallest absolute Gasteiger partial charge is 0.113 e. The van der Waals surface area contributed by atoms with E-state index in [1.54, 1.807) is 17.5 Å². The molecule has 2 aromatic carbocycles. The molecule has 4 aromatic heterocycles. The van der Waals surface area contributed by atoms with Crippen molar-refractivity contribution >= 4 is 31.6 Å². The van der Waals surface area contributed by atoms with Crippen molar-refractivity contribution < 1.29 is 20.1 Å². The Bertz CT molecular complexity index is 1380. The molecule has 3 nitrogen and oxygen atoms in total. The molecule has 1 radical (unpaired) electrons. The van der Waals surface area contributed by atoms with Gasteiger partial charge in [0.15, 0.2) is 0 Å². The van der Waals surface area contributed by atoms with Crippen molar-refractivity contribution in [3.8, 4) is 22.5 Å². The number of thiophene rings is 1. The van der Waals surface area contributed by atoms with Crippen LogP contribution in [0.25, 0.3) is 42.8 Å². The van der Waals surface area contributed by atoms with Crippen molar-refractivity contribution in [2.45, 2.75) is 0 Å². The second-order valence-electron chi connectivity index (χ2n) is 6.76. The number of hydrogen-bond acceptors (Lipinski definition) is 4. The Morgan fingerprint density at radius 1 is 0.594 bits per heavy atom. The van der Waals surface area contributed by atoms with Crippen LogP contribution >= 0.6 is 11.3 Å². The molecule has 0 spiro atoms. The molecule has 6 rings (SSSR count). The third-order valence-corrected chi connectivity index (χ3v) is 5.93. The van der Waals surface area contributed by atoms with Crippen molar-refractivity contribution in [1.82, 2.24) is 15.0 Å². The summed E-state index contributed by atoms with van der Waals surface area (Å²) in [6, 6.07) is 34.2. The van der Waals surface area contributed by atoms with Gasteiger partial charge in [-0.15, -0.1) is 59.7 Å². The molecule has 0 N–H and O–H groups in total. The molecule has 5 heteroatoms. The summed E-state index contributed by atoms with van der Waals surface area (Å²) in [6.45, 7) is 0. The molecule has 6 aromatic rings. The van der Waals surface area contributed by atoms with Gasteiger partial charge in [0.05, 0.1) is 0 Å². The minimum atomic E-state index is 0. The second-order valence-corrected chi connectivity index (χ2v) is 7.76. The normalized spacial score (nSPS) is 10.2. The maximum Gasteiger partial charge on any atom is 0.113 e. The first kappa shape index (κ1) is 22.0. The number of fused-ring (bicyclic) bond motifs is 3. The fraction of sp³-hybridized carbons (Fsp3) is 0. The van der Waals surface area contributed by atoms with Crippen LogP contribution in [-0.2, 0) is 20.1 Å². The Labute approximate surface area is 204 Å². The molecule has 0 unspecified atom stereocenters. The van der Waals surface area contributed by atoms with Crippen LogP contribution in [0.3, 0.4) is 0 Å². The predicted octanol–water partition coefficient (Wildman–Crippen LogP) is 6.86. The summed E-state index contributed by atoms with van der Waals surface area (Å²) < 4.78 is 1.20. The van der Waals surface area contributed by atoms with E-state index in [0.29, 0.717) is 0 Å². The van der Waals surface area contributed by atoms with Crippen molar-refractivity contribution in [2.75, 3.05) is 0 Å². The van der Waals surface area contributed by atoms with Crippen molar-refractivity contribution in [3.63, 3.8) is 0 Å². The molecule has 0 aliphatic carbocycles. The van der Waals surface area contributed by atoms with Crippen LogP contribution in [0, 0.1) is 12.1 Å². The van der Waals surface area contributed by atoms with Crippen molar-refractivity contribution in [1.29, 1.82) is 0 Å². The molecule has 0 saturated heterocycles. The summed E-state index contributed by atoms with van der Waals surface area (Å²) in [5.74, 6) is 0. The van der Waals surface area contributed by atoms with Gasteiger partial charge in [-0.25, -0.2) is 4.98 Å². The third-order valence-electron chi connectivity index (χ3n) is 4.78. The van der Waals surface area contributed by atoms with Gasteiger partial charge in [-0.3, -0.25) is 0 Å². The fourth-order valence-corrected chi connectivity index (χ4v) is 4.50. The molecule has 0 bridgehead atoms. The largest absolute Gasteiger partial charge is 0.305 e. The van der Waals surface area contributed by atoms with Gasteiger partial charge in [-0.2, -0.15) is 11.3 Å². The first-order chi connectivity index (χ1) is 15.4. The van der Waals surface area contributed by atoms with Crippen LogP contribution in [0.15, 0.2) is 104 Å². The van der Waals surface area contributed by atoms with E-state index in [1.165, 1.54) is 15.5 Å².